The van der Waals surface area contributed by atoms with Gasteiger partial charge in [-0.2, -0.15) is 0 Å². The Kier molecular flexibility index (Phi) is 5.68. The normalized spacial score (nSPS) is 10.8. The Labute approximate surface area is 155 Å². The zero-order valence-electron chi connectivity index (χ0n) is 14.0. The largest absolute Gasteiger partial charge is 0.356 e. The first kappa shape index (κ1) is 18.1. The average molecular weight is 373 g/mol. The molecule has 6 heteroatoms. The Morgan fingerprint density at radius 2 is 1.96 bits per heavy atom. The van der Waals surface area contributed by atoms with Crippen LogP contribution in [0.2, 0.25) is 5.02 Å². The summed E-state index contributed by atoms with van der Waals surface area (Å²) in [6.45, 7) is 0.506. The number of aromatic nitrogens is 1. The van der Waals surface area contributed by atoms with Crippen LogP contribution in [0.15, 0.2) is 53.3 Å². The van der Waals surface area contributed by atoms with E-state index in [9.17, 15) is 14.0 Å². The number of hydrogen-bond acceptors (Lipinski definition) is 2. The highest BCUT2D eigenvalue weighted by atomic mass is 35.5. The number of H-pyrrole nitrogens is 1. The third-order valence-corrected chi connectivity index (χ3v) is 4.37. The van der Waals surface area contributed by atoms with Crippen molar-refractivity contribution in [3.8, 4) is 0 Å². The number of aryl methyl sites for hydroxylation is 1. The monoisotopic (exact) mass is 372 g/mol. The highest BCUT2D eigenvalue weighted by Gasteiger charge is 2.07. The van der Waals surface area contributed by atoms with E-state index in [1.165, 1.54) is 12.1 Å². The van der Waals surface area contributed by atoms with Gasteiger partial charge in [0, 0.05) is 23.6 Å². The summed E-state index contributed by atoms with van der Waals surface area (Å²) < 4.78 is 13.2. The second kappa shape index (κ2) is 8.15. The van der Waals surface area contributed by atoms with Gasteiger partial charge in [-0.05, 0) is 60.2 Å². The first-order valence-electron chi connectivity index (χ1n) is 8.34. The number of amides is 1. The van der Waals surface area contributed by atoms with Crippen LogP contribution in [-0.2, 0) is 17.6 Å². The van der Waals surface area contributed by atoms with Gasteiger partial charge < -0.3 is 10.3 Å². The topological polar surface area (TPSA) is 62.0 Å². The number of rotatable bonds is 6. The Morgan fingerprint density at radius 1 is 1.12 bits per heavy atom. The van der Waals surface area contributed by atoms with E-state index < -0.39 is 5.82 Å². The zero-order chi connectivity index (χ0) is 18.5. The summed E-state index contributed by atoms with van der Waals surface area (Å²) in [5.41, 5.74) is 1.71. The van der Waals surface area contributed by atoms with Crippen LogP contribution in [-0.4, -0.2) is 17.4 Å². The molecule has 2 N–H and O–H groups in total. The first-order chi connectivity index (χ1) is 12.5. The van der Waals surface area contributed by atoms with E-state index in [4.69, 9.17) is 11.6 Å². The van der Waals surface area contributed by atoms with Gasteiger partial charge in [0.05, 0.1) is 5.52 Å². The first-order valence-corrected chi connectivity index (χ1v) is 8.72. The minimum atomic E-state index is -0.403. The molecule has 0 unspecified atom stereocenters. The van der Waals surface area contributed by atoms with Gasteiger partial charge >= 0.3 is 0 Å². The molecule has 0 saturated heterocycles. The maximum absolute atomic E-state index is 13.2. The van der Waals surface area contributed by atoms with Crippen LogP contribution in [0.5, 0.6) is 0 Å². The maximum Gasteiger partial charge on any atom is 0.251 e. The number of benzene rings is 2. The molecule has 4 nitrogen and oxygen atoms in total. The van der Waals surface area contributed by atoms with Crippen molar-refractivity contribution in [1.82, 2.24) is 10.3 Å². The second-order valence-electron chi connectivity index (χ2n) is 6.09. The van der Waals surface area contributed by atoms with Crippen molar-refractivity contribution in [2.75, 3.05) is 6.54 Å². The second-order valence-corrected chi connectivity index (χ2v) is 6.52. The summed E-state index contributed by atoms with van der Waals surface area (Å²) >= 11 is 5.93. The van der Waals surface area contributed by atoms with E-state index in [-0.39, 0.29) is 17.9 Å². The summed E-state index contributed by atoms with van der Waals surface area (Å²) in [4.78, 5) is 26.7. The van der Waals surface area contributed by atoms with Gasteiger partial charge in [0.25, 0.3) is 5.56 Å². The highest BCUT2D eigenvalue weighted by Crippen LogP contribution is 2.13. The molecule has 0 aliphatic rings. The predicted octanol–water partition coefficient (Wildman–Crippen LogP) is 3.61. The summed E-state index contributed by atoms with van der Waals surface area (Å²) in [7, 11) is 0. The van der Waals surface area contributed by atoms with Gasteiger partial charge in [0.2, 0.25) is 5.91 Å². The molecule has 3 aromatic rings. The Morgan fingerprint density at radius 3 is 2.77 bits per heavy atom. The van der Waals surface area contributed by atoms with Gasteiger partial charge in [-0.25, -0.2) is 4.39 Å². The summed E-state index contributed by atoms with van der Waals surface area (Å²) in [6.07, 6.45) is 1.23. The van der Waals surface area contributed by atoms with E-state index in [2.05, 4.69) is 10.3 Å². The van der Waals surface area contributed by atoms with Gasteiger partial charge in [0.15, 0.2) is 0 Å². The lowest BCUT2D eigenvalue weighted by Gasteiger charge is -2.06. The summed E-state index contributed by atoms with van der Waals surface area (Å²) in [6, 6.07) is 13.4. The Balaban J connectivity index is 1.54. The average Bonchev–Trinajstić information content (AvgIpc) is 2.60. The zero-order valence-corrected chi connectivity index (χ0v) is 14.8. The number of hydrogen-bond donors (Lipinski definition) is 2. The number of halogens is 2. The van der Waals surface area contributed by atoms with Crippen LogP contribution in [0.3, 0.4) is 0 Å². The van der Waals surface area contributed by atoms with Crippen molar-refractivity contribution >= 4 is 28.4 Å². The molecule has 1 amide bonds. The SMILES string of the molecule is O=C(CCc1cc2ccc(F)cc2[nH]c1=O)NCCc1cccc(Cl)c1. The predicted molar refractivity (Wildman–Crippen MR) is 101 cm³/mol. The lowest BCUT2D eigenvalue weighted by atomic mass is 10.1. The molecule has 0 saturated carbocycles. The molecule has 0 fully saturated rings. The van der Waals surface area contributed by atoms with Crippen molar-refractivity contribution in [1.29, 1.82) is 0 Å². The molecule has 1 aromatic heterocycles. The van der Waals surface area contributed by atoms with Crippen LogP contribution < -0.4 is 10.9 Å². The van der Waals surface area contributed by atoms with Crippen LogP contribution in [0.25, 0.3) is 10.9 Å². The quantitative estimate of drug-likeness (QED) is 0.694. The fourth-order valence-electron chi connectivity index (χ4n) is 2.78. The molecule has 0 spiro atoms. The minimum Gasteiger partial charge on any atom is -0.356 e. The number of carbonyl (C=O) groups excluding carboxylic acids is 1. The van der Waals surface area contributed by atoms with Crippen molar-refractivity contribution in [2.24, 2.45) is 0 Å². The smallest absolute Gasteiger partial charge is 0.251 e. The molecule has 1 heterocycles. The molecule has 134 valence electrons. The molecule has 0 atom stereocenters. The van der Waals surface area contributed by atoms with Crippen molar-refractivity contribution in [3.05, 3.63) is 80.9 Å². The number of carbonyl (C=O) groups is 1. The third kappa shape index (κ3) is 4.70. The molecule has 26 heavy (non-hydrogen) atoms. The van der Waals surface area contributed by atoms with E-state index in [0.29, 0.717) is 35.5 Å². The fraction of sp³-hybridized carbons (Fsp3) is 0.200. The van der Waals surface area contributed by atoms with Gasteiger partial charge in [-0.3, -0.25) is 9.59 Å². The van der Waals surface area contributed by atoms with Crippen molar-refractivity contribution in [3.63, 3.8) is 0 Å². The van der Waals surface area contributed by atoms with Crippen LogP contribution >= 0.6 is 11.6 Å². The number of nitrogens with one attached hydrogen (secondary N) is 2. The van der Waals surface area contributed by atoms with E-state index >= 15 is 0 Å². The lowest BCUT2D eigenvalue weighted by molar-refractivity contribution is -0.121. The molecular weight excluding hydrogens is 355 g/mol. The molecule has 0 aliphatic heterocycles. The third-order valence-electron chi connectivity index (χ3n) is 4.13. The van der Waals surface area contributed by atoms with Crippen LogP contribution in [0.4, 0.5) is 4.39 Å². The van der Waals surface area contributed by atoms with E-state index in [0.717, 1.165) is 10.9 Å². The molecule has 2 aromatic carbocycles. The number of pyridine rings is 1. The standard InChI is InChI=1S/C20H18ClFN2O2/c21-16-3-1-2-13(10-16)8-9-23-19(25)7-5-15-11-14-4-6-17(22)12-18(14)24-20(15)26/h1-4,6,10-12H,5,7-9H2,(H,23,25)(H,24,26). The van der Waals surface area contributed by atoms with Gasteiger partial charge in [-0.1, -0.05) is 23.7 Å². The summed E-state index contributed by atoms with van der Waals surface area (Å²) in [5, 5.41) is 4.25. The Bertz CT molecular complexity index is 1000. The molecule has 0 aliphatic carbocycles. The van der Waals surface area contributed by atoms with E-state index in [1.54, 1.807) is 18.2 Å². The van der Waals surface area contributed by atoms with Crippen LogP contribution in [0.1, 0.15) is 17.5 Å². The molecule has 3 rings (SSSR count). The maximum atomic E-state index is 13.2. The number of aromatic amines is 1. The fourth-order valence-corrected chi connectivity index (χ4v) is 2.99. The molecular formula is C20H18ClFN2O2. The Hall–Kier alpha value is -2.66. The van der Waals surface area contributed by atoms with E-state index in [1.807, 2.05) is 18.2 Å². The number of fused-ring (bicyclic) bond motifs is 1. The minimum absolute atomic E-state index is 0.120. The lowest BCUT2D eigenvalue weighted by Crippen LogP contribution is -2.26. The van der Waals surface area contributed by atoms with Gasteiger partial charge in [0.1, 0.15) is 5.82 Å². The molecule has 0 bridgehead atoms. The van der Waals surface area contributed by atoms with Crippen LogP contribution in [0, 0.1) is 5.82 Å². The van der Waals surface area contributed by atoms with Crippen molar-refractivity contribution in [2.45, 2.75) is 19.3 Å². The van der Waals surface area contributed by atoms with Crippen molar-refractivity contribution < 1.29 is 9.18 Å². The van der Waals surface area contributed by atoms with Gasteiger partial charge in [-0.15, -0.1) is 0 Å². The molecule has 0 radical (unpaired) electrons. The highest BCUT2D eigenvalue weighted by molar-refractivity contribution is 6.30. The summed E-state index contributed by atoms with van der Waals surface area (Å²) in [5.74, 6) is -0.523.